The molecule has 0 amide bonds. The summed E-state index contributed by atoms with van der Waals surface area (Å²) in [6.07, 6.45) is 0.455. The zero-order chi connectivity index (χ0) is 11.1. The van der Waals surface area contributed by atoms with Gasteiger partial charge in [-0.2, -0.15) is 0 Å². The van der Waals surface area contributed by atoms with Gasteiger partial charge in [0.2, 0.25) is 0 Å². The topological polar surface area (TPSA) is 35.9 Å². The Kier molecular flexibility index (Phi) is 7.09. The van der Waals surface area contributed by atoms with Gasteiger partial charge in [0.05, 0.1) is 12.7 Å². The van der Waals surface area contributed by atoms with E-state index in [0.29, 0.717) is 6.61 Å². The molecule has 0 bridgehead atoms. The van der Waals surface area contributed by atoms with Crippen LogP contribution in [0.2, 0.25) is 0 Å². The number of hydrogen-bond donors (Lipinski definition) is 1. The van der Waals surface area contributed by atoms with Crippen LogP contribution in [0.4, 0.5) is 0 Å². The van der Waals surface area contributed by atoms with E-state index in [1.807, 2.05) is 40.0 Å². The lowest BCUT2D eigenvalue weighted by Gasteiger charge is -2.22. The third-order valence-electron chi connectivity index (χ3n) is 2.17. The van der Waals surface area contributed by atoms with Crippen molar-refractivity contribution in [3.8, 4) is 0 Å². The van der Waals surface area contributed by atoms with E-state index in [0.717, 1.165) is 13.0 Å². The van der Waals surface area contributed by atoms with Crippen LogP contribution in [0.1, 0.15) is 13.3 Å². The Bertz CT molecular complexity index is 140. The molecule has 0 aliphatic rings. The number of aliphatic hydroxyl groups excluding tert-OH is 1. The molecule has 0 aliphatic heterocycles. The number of ether oxygens (including phenoxy) is 1. The molecular formula is C10H24N2O2. The molecule has 0 heterocycles. The lowest BCUT2D eigenvalue weighted by Crippen LogP contribution is -2.31. The highest BCUT2D eigenvalue weighted by Crippen LogP contribution is 1.99. The maximum absolute atomic E-state index is 9.56. The largest absolute Gasteiger partial charge is 0.391 e. The quantitative estimate of drug-likeness (QED) is 0.602. The van der Waals surface area contributed by atoms with Gasteiger partial charge in [0, 0.05) is 6.54 Å². The van der Waals surface area contributed by atoms with Gasteiger partial charge in [-0.1, -0.05) is 0 Å². The molecule has 0 fully saturated rings. The average molecular weight is 204 g/mol. The Morgan fingerprint density at radius 1 is 1.21 bits per heavy atom. The van der Waals surface area contributed by atoms with Crippen LogP contribution in [0.25, 0.3) is 0 Å². The maximum atomic E-state index is 9.56. The van der Waals surface area contributed by atoms with Crippen LogP contribution in [0, 0.1) is 0 Å². The molecule has 4 nitrogen and oxygen atoms in total. The van der Waals surface area contributed by atoms with Crippen molar-refractivity contribution in [3.63, 3.8) is 0 Å². The van der Waals surface area contributed by atoms with Crippen molar-refractivity contribution in [2.75, 3.05) is 41.3 Å². The van der Waals surface area contributed by atoms with E-state index in [2.05, 4.69) is 4.90 Å². The molecule has 0 aromatic carbocycles. The summed E-state index contributed by atoms with van der Waals surface area (Å²) in [7, 11) is 7.90. The van der Waals surface area contributed by atoms with Gasteiger partial charge in [0.15, 0.2) is 0 Å². The third-order valence-corrected chi connectivity index (χ3v) is 2.17. The Morgan fingerprint density at radius 2 is 1.79 bits per heavy atom. The summed E-state index contributed by atoms with van der Waals surface area (Å²) in [6.45, 7) is 3.27. The highest BCUT2D eigenvalue weighted by atomic mass is 16.5. The molecule has 2 atom stereocenters. The highest BCUT2D eigenvalue weighted by Gasteiger charge is 2.09. The molecule has 0 saturated carbocycles. The van der Waals surface area contributed by atoms with Gasteiger partial charge in [-0.25, -0.2) is 0 Å². The van der Waals surface area contributed by atoms with Crippen molar-refractivity contribution >= 4 is 0 Å². The second kappa shape index (κ2) is 7.17. The molecule has 86 valence electrons. The van der Waals surface area contributed by atoms with Crippen molar-refractivity contribution in [2.24, 2.45) is 0 Å². The van der Waals surface area contributed by atoms with E-state index in [-0.39, 0.29) is 12.3 Å². The van der Waals surface area contributed by atoms with E-state index in [9.17, 15) is 5.11 Å². The Morgan fingerprint density at radius 3 is 2.21 bits per heavy atom. The van der Waals surface area contributed by atoms with Gasteiger partial charge in [-0.05, 0) is 41.5 Å². The standard InChI is InChI=1S/C10H24N2O2/c1-9(12(4)5)14-8-10(13)6-7-11(2)3/h9-10,13H,6-8H2,1-5H3. The minimum atomic E-state index is -0.361. The number of nitrogens with zero attached hydrogens (tertiary/aromatic N) is 2. The monoisotopic (exact) mass is 204 g/mol. The van der Waals surface area contributed by atoms with Gasteiger partial charge >= 0.3 is 0 Å². The van der Waals surface area contributed by atoms with Crippen molar-refractivity contribution < 1.29 is 9.84 Å². The maximum Gasteiger partial charge on any atom is 0.107 e. The highest BCUT2D eigenvalue weighted by molar-refractivity contribution is 4.57. The first kappa shape index (κ1) is 13.8. The Labute approximate surface area is 87.5 Å². The molecule has 0 rings (SSSR count). The first-order valence-electron chi connectivity index (χ1n) is 5.04. The van der Waals surface area contributed by atoms with Gasteiger partial charge in [-0.15, -0.1) is 0 Å². The number of rotatable bonds is 7. The summed E-state index contributed by atoms with van der Waals surface area (Å²) in [4.78, 5) is 4.03. The predicted octanol–water partition coefficient (Wildman–Crippen LogP) is 0.223. The van der Waals surface area contributed by atoms with Gasteiger partial charge in [0.25, 0.3) is 0 Å². The van der Waals surface area contributed by atoms with E-state index < -0.39 is 0 Å². The van der Waals surface area contributed by atoms with Crippen LogP contribution >= 0.6 is 0 Å². The normalized spacial score (nSPS) is 16.3. The zero-order valence-corrected chi connectivity index (χ0v) is 10.0. The molecule has 0 saturated heterocycles. The van der Waals surface area contributed by atoms with Crippen LogP contribution in [0.5, 0.6) is 0 Å². The second-order valence-corrected chi connectivity index (χ2v) is 4.14. The van der Waals surface area contributed by atoms with E-state index in [1.165, 1.54) is 0 Å². The fourth-order valence-electron chi connectivity index (χ4n) is 0.890. The number of aliphatic hydroxyl groups is 1. The predicted molar refractivity (Wildman–Crippen MR) is 58.3 cm³/mol. The summed E-state index contributed by atoms with van der Waals surface area (Å²) >= 11 is 0. The van der Waals surface area contributed by atoms with Crippen LogP contribution < -0.4 is 0 Å². The zero-order valence-electron chi connectivity index (χ0n) is 10.0. The molecule has 14 heavy (non-hydrogen) atoms. The molecule has 0 aliphatic carbocycles. The summed E-state index contributed by atoms with van der Waals surface area (Å²) in [5.41, 5.74) is 0. The summed E-state index contributed by atoms with van der Waals surface area (Å²) in [5.74, 6) is 0. The molecule has 1 N–H and O–H groups in total. The van der Waals surface area contributed by atoms with Gasteiger partial charge < -0.3 is 14.7 Å². The molecule has 0 aromatic heterocycles. The minimum absolute atomic E-state index is 0.0593. The Hall–Kier alpha value is -0.160. The first-order chi connectivity index (χ1) is 6.43. The van der Waals surface area contributed by atoms with Crippen LogP contribution in [0.15, 0.2) is 0 Å². The van der Waals surface area contributed by atoms with Crippen molar-refractivity contribution in [2.45, 2.75) is 25.7 Å². The lowest BCUT2D eigenvalue weighted by molar-refractivity contribution is -0.0616. The molecule has 2 unspecified atom stereocenters. The van der Waals surface area contributed by atoms with Crippen molar-refractivity contribution in [1.29, 1.82) is 0 Å². The summed E-state index contributed by atoms with van der Waals surface area (Å²) < 4.78 is 5.45. The number of hydrogen-bond acceptors (Lipinski definition) is 4. The van der Waals surface area contributed by atoms with Crippen LogP contribution in [-0.2, 0) is 4.74 Å². The lowest BCUT2D eigenvalue weighted by atomic mass is 10.2. The van der Waals surface area contributed by atoms with Gasteiger partial charge in [0.1, 0.15) is 6.23 Å². The van der Waals surface area contributed by atoms with Crippen molar-refractivity contribution in [1.82, 2.24) is 9.80 Å². The smallest absolute Gasteiger partial charge is 0.107 e. The fourth-order valence-corrected chi connectivity index (χ4v) is 0.890. The fraction of sp³-hybridized carbons (Fsp3) is 1.00. The minimum Gasteiger partial charge on any atom is -0.391 e. The SMILES string of the molecule is CC(OCC(O)CCN(C)C)N(C)C. The van der Waals surface area contributed by atoms with E-state index in [4.69, 9.17) is 4.74 Å². The molecular weight excluding hydrogens is 180 g/mol. The first-order valence-corrected chi connectivity index (χ1v) is 5.04. The van der Waals surface area contributed by atoms with Gasteiger partial charge in [-0.3, -0.25) is 4.90 Å². The molecule has 0 radical (unpaired) electrons. The van der Waals surface area contributed by atoms with E-state index >= 15 is 0 Å². The van der Waals surface area contributed by atoms with E-state index in [1.54, 1.807) is 0 Å². The molecule has 4 heteroatoms. The Balaban J connectivity index is 3.48. The summed E-state index contributed by atoms with van der Waals surface area (Å²) in [6, 6.07) is 0. The molecule has 0 aromatic rings. The average Bonchev–Trinajstić information content (AvgIpc) is 2.10. The van der Waals surface area contributed by atoms with Crippen LogP contribution in [-0.4, -0.2) is 68.6 Å². The second-order valence-electron chi connectivity index (χ2n) is 4.14. The van der Waals surface area contributed by atoms with Crippen molar-refractivity contribution in [3.05, 3.63) is 0 Å². The molecule has 0 spiro atoms. The summed E-state index contributed by atoms with van der Waals surface area (Å²) in [5, 5.41) is 9.56. The van der Waals surface area contributed by atoms with Crippen LogP contribution in [0.3, 0.4) is 0 Å². The third kappa shape index (κ3) is 7.26.